The van der Waals surface area contributed by atoms with Crippen LogP contribution < -0.4 is 5.32 Å². The molecule has 1 fully saturated rings. The summed E-state index contributed by atoms with van der Waals surface area (Å²) in [5.41, 5.74) is -0.0220. The molecule has 2 rings (SSSR count). The minimum Gasteiger partial charge on any atom is -0.478 e. The van der Waals surface area contributed by atoms with Gasteiger partial charge in [0.15, 0.2) is 0 Å². The van der Waals surface area contributed by atoms with Crippen LogP contribution in [0.25, 0.3) is 0 Å². The number of hydrogen-bond donors (Lipinski definition) is 2. The van der Waals surface area contributed by atoms with Gasteiger partial charge < -0.3 is 10.4 Å². The summed E-state index contributed by atoms with van der Waals surface area (Å²) in [7, 11) is -3.59. The van der Waals surface area contributed by atoms with E-state index in [1.807, 2.05) is 0 Å². The van der Waals surface area contributed by atoms with Crippen LogP contribution in [0.3, 0.4) is 0 Å². The van der Waals surface area contributed by atoms with E-state index in [9.17, 15) is 13.2 Å². The van der Waals surface area contributed by atoms with Crippen molar-refractivity contribution in [3.63, 3.8) is 0 Å². The zero-order valence-electron chi connectivity index (χ0n) is 10.5. The number of carbonyl (C=O) groups is 1. The van der Waals surface area contributed by atoms with Gasteiger partial charge in [0.05, 0.1) is 10.5 Å². The maximum atomic E-state index is 12.3. The van der Waals surface area contributed by atoms with Gasteiger partial charge in [0, 0.05) is 26.2 Å². The lowest BCUT2D eigenvalue weighted by Crippen LogP contribution is -2.46. The number of piperazine rings is 1. The Morgan fingerprint density at radius 3 is 2.35 bits per heavy atom. The molecule has 0 aliphatic carbocycles. The van der Waals surface area contributed by atoms with E-state index >= 15 is 0 Å². The molecular weight excluding hydrogens is 327 g/mol. The third kappa shape index (κ3) is 4.07. The Morgan fingerprint density at radius 2 is 1.80 bits per heavy atom. The molecule has 1 aromatic rings. The van der Waals surface area contributed by atoms with Gasteiger partial charge in [-0.3, -0.25) is 0 Å². The van der Waals surface area contributed by atoms with Gasteiger partial charge in [-0.1, -0.05) is 6.07 Å². The number of rotatable bonds is 3. The Bertz CT molecular complexity index is 559. The first kappa shape index (κ1) is 19.1. The van der Waals surface area contributed by atoms with E-state index < -0.39 is 16.0 Å². The molecule has 0 amide bonds. The number of nitrogens with zero attached hydrogens (tertiary/aromatic N) is 1. The molecule has 6 nitrogen and oxygen atoms in total. The van der Waals surface area contributed by atoms with Crippen LogP contribution in [0.1, 0.15) is 10.4 Å². The summed E-state index contributed by atoms with van der Waals surface area (Å²) in [6.07, 6.45) is 0. The molecule has 2 N–H and O–H groups in total. The van der Waals surface area contributed by atoms with Crippen molar-refractivity contribution in [2.75, 3.05) is 26.2 Å². The average molecular weight is 343 g/mol. The predicted octanol–water partition coefficient (Wildman–Crippen LogP) is 0.822. The molecule has 0 atom stereocenters. The Hall–Kier alpha value is -0.860. The normalized spacial score (nSPS) is 15.8. The number of carboxylic acid groups (broad SMARTS) is 1. The SMILES string of the molecule is Cl.Cl.O=C(O)c1cccc(S(=O)(=O)N2CCNCC2)c1. The van der Waals surface area contributed by atoms with Crippen LogP contribution in [0.4, 0.5) is 0 Å². The maximum absolute atomic E-state index is 12.3. The molecule has 0 radical (unpaired) electrons. The molecule has 0 unspecified atom stereocenters. The smallest absolute Gasteiger partial charge is 0.335 e. The highest BCUT2D eigenvalue weighted by Crippen LogP contribution is 2.17. The number of hydrogen-bond acceptors (Lipinski definition) is 4. The van der Waals surface area contributed by atoms with E-state index in [1.54, 1.807) is 0 Å². The highest BCUT2D eigenvalue weighted by molar-refractivity contribution is 7.89. The molecule has 1 aliphatic heterocycles. The predicted molar refractivity (Wildman–Crippen MR) is 79.5 cm³/mol. The van der Waals surface area contributed by atoms with Gasteiger partial charge in [-0.2, -0.15) is 4.31 Å². The number of aromatic carboxylic acids is 1. The fourth-order valence-electron chi connectivity index (χ4n) is 1.82. The van der Waals surface area contributed by atoms with E-state index in [-0.39, 0.29) is 35.3 Å². The Labute approximate surface area is 130 Å². The van der Waals surface area contributed by atoms with Gasteiger partial charge in [-0.05, 0) is 18.2 Å². The average Bonchev–Trinajstić information content (AvgIpc) is 2.40. The van der Waals surface area contributed by atoms with Crippen LogP contribution >= 0.6 is 24.8 Å². The first-order valence-electron chi connectivity index (χ1n) is 5.56. The molecule has 114 valence electrons. The monoisotopic (exact) mass is 342 g/mol. The highest BCUT2D eigenvalue weighted by atomic mass is 35.5. The van der Waals surface area contributed by atoms with E-state index in [4.69, 9.17) is 5.11 Å². The molecule has 0 aromatic heterocycles. The number of carboxylic acids is 1. The molecule has 9 heteroatoms. The summed E-state index contributed by atoms with van der Waals surface area (Å²) >= 11 is 0. The minimum absolute atomic E-state index is 0. The van der Waals surface area contributed by atoms with Gasteiger partial charge >= 0.3 is 5.97 Å². The third-order valence-electron chi connectivity index (χ3n) is 2.79. The van der Waals surface area contributed by atoms with Crippen molar-refractivity contribution >= 4 is 40.8 Å². The lowest BCUT2D eigenvalue weighted by Gasteiger charge is -2.26. The summed E-state index contributed by atoms with van der Waals surface area (Å²) < 4.78 is 25.9. The molecule has 1 heterocycles. The van der Waals surface area contributed by atoms with Crippen molar-refractivity contribution in [2.24, 2.45) is 0 Å². The van der Waals surface area contributed by atoms with Crippen LogP contribution in [0.5, 0.6) is 0 Å². The van der Waals surface area contributed by atoms with Crippen LogP contribution in [0, 0.1) is 0 Å². The summed E-state index contributed by atoms with van der Waals surface area (Å²) in [4.78, 5) is 10.9. The fourth-order valence-corrected chi connectivity index (χ4v) is 3.31. The summed E-state index contributed by atoms with van der Waals surface area (Å²) in [5.74, 6) is -1.13. The van der Waals surface area contributed by atoms with Crippen LogP contribution in [0.2, 0.25) is 0 Å². The number of halogens is 2. The van der Waals surface area contributed by atoms with E-state index in [2.05, 4.69) is 5.32 Å². The summed E-state index contributed by atoms with van der Waals surface area (Å²) in [6.45, 7) is 2.02. The Balaban J connectivity index is 0.00000180. The quantitative estimate of drug-likeness (QED) is 0.849. The lowest BCUT2D eigenvalue weighted by atomic mass is 10.2. The highest BCUT2D eigenvalue weighted by Gasteiger charge is 2.26. The van der Waals surface area contributed by atoms with Crippen LogP contribution in [-0.2, 0) is 10.0 Å². The van der Waals surface area contributed by atoms with Crippen LogP contribution in [-0.4, -0.2) is 50.0 Å². The number of sulfonamides is 1. The molecule has 1 aromatic carbocycles. The van der Waals surface area contributed by atoms with Gasteiger partial charge in [-0.25, -0.2) is 13.2 Å². The Kier molecular flexibility index (Phi) is 7.46. The van der Waals surface area contributed by atoms with Crippen LogP contribution in [0.15, 0.2) is 29.2 Å². The third-order valence-corrected chi connectivity index (χ3v) is 4.69. The zero-order chi connectivity index (χ0) is 13.2. The molecule has 0 saturated carbocycles. The zero-order valence-corrected chi connectivity index (χ0v) is 12.9. The van der Waals surface area contributed by atoms with Crippen molar-refractivity contribution in [3.8, 4) is 0 Å². The molecule has 1 saturated heterocycles. The summed E-state index contributed by atoms with van der Waals surface area (Å²) in [6, 6.07) is 5.43. The summed E-state index contributed by atoms with van der Waals surface area (Å²) in [5, 5.41) is 11.9. The number of nitrogens with one attached hydrogen (secondary N) is 1. The van der Waals surface area contributed by atoms with Crippen molar-refractivity contribution in [2.45, 2.75) is 4.90 Å². The molecule has 0 spiro atoms. The minimum atomic E-state index is -3.59. The van der Waals surface area contributed by atoms with Crippen molar-refractivity contribution < 1.29 is 18.3 Å². The van der Waals surface area contributed by atoms with Crippen molar-refractivity contribution in [3.05, 3.63) is 29.8 Å². The Morgan fingerprint density at radius 1 is 1.20 bits per heavy atom. The van der Waals surface area contributed by atoms with Gasteiger partial charge in [0.2, 0.25) is 10.0 Å². The number of benzene rings is 1. The first-order chi connectivity index (χ1) is 8.51. The molecule has 20 heavy (non-hydrogen) atoms. The van der Waals surface area contributed by atoms with E-state index in [0.717, 1.165) is 0 Å². The molecule has 0 bridgehead atoms. The second-order valence-electron chi connectivity index (χ2n) is 3.99. The largest absolute Gasteiger partial charge is 0.478 e. The molecular formula is C11H16Cl2N2O4S. The van der Waals surface area contributed by atoms with Gasteiger partial charge in [0.1, 0.15) is 0 Å². The molecule has 1 aliphatic rings. The maximum Gasteiger partial charge on any atom is 0.335 e. The standard InChI is InChI=1S/C11H14N2O4S.2ClH/c14-11(15)9-2-1-3-10(8-9)18(16,17)13-6-4-12-5-7-13;;/h1-3,8,12H,4-7H2,(H,14,15);2*1H. The van der Waals surface area contributed by atoms with Crippen molar-refractivity contribution in [1.82, 2.24) is 9.62 Å². The van der Waals surface area contributed by atoms with Gasteiger partial charge in [-0.15, -0.1) is 24.8 Å². The lowest BCUT2D eigenvalue weighted by molar-refractivity contribution is 0.0696. The fraction of sp³-hybridized carbons (Fsp3) is 0.364. The van der Waals surface area contributed by atoms with E-state index in [0.29, 0.717) is 26.2 Å². The van der Waals surface area contributed by atoms with Gasteiger partial charge in [0.25, 0.3) is 0 Å². The second kappa shape index (κ2) is 7.80. The first-order valence-corrected chi connectivity index (χ1v) is 7.00. The van der Waals surface area contributed by atoms with Crippen molar-refractivity contribution in [1.29, 1.82) is 0 Å². The van der Waals surface area contributed by atoms with E-state index in [1.165, 1.54) is 28.6 Å². The second-order valence-corrected chi connectivity index (χ2v) is 5.93. The topological polar surface area (TPSA) is 86.7 Å².